The summed E-state index contributed by atoms with van der Waals surface area (Å²) in [5.74, 6) is -0.108. The maximum atomic E-state index is 12.9. The maximum absolute atomic E-state index is 12.9. The first-order valence-electron chi connectivity index (χ1n) is 6.86. The van der Waals surface area contributed by atoms with E-state index in [1.807, 2.05) is 38.1 Å². The van der Waals surface area contributed by atoms with Gasteiger partial charge in [-0.3, -0.25) is 14.5 Å². The van der Waals surface area contributed by atoms with Gasteiger partial charge in [-0.2, -0.15) is 0 Å². The van der Waals surface area contributed by atoms with Crippen molar-refractivity contribution < 1.29 is 9.59 Å². The maximum Gasteiger partial charge on any atom is 0.253 e. The van der Waals surface area contributed by atoms with Gasteiger partial charge >= 0.3 is 0 Å². The van der Waals surface area contributed by atoms with E-state index in [1.165, 1.54) is 0 Å². The topological polar surface area (TPSA) is 49.4 Å². The van der Waals surface area contributed by atoms with Crippen molar-refractivity contribution in [1.29, 1.82) is 0 Å². The van der Waals surface area contributed by atoms with Crippen LogP contribution in [0.2, 0.25) is 0 Å². The first-order chi connectivity index (χ1) is 9.45. The zero-order valence-electron chi connectivity index (χ0n) is 11.9. The number of nitrogens with one attached hydrogen (secondary N) is 1. The molecule has 5 heteroatoms. The fourth-order valence-electron chi connectivity index (χ4n) is 2.61. The van der Waals surface area contributed by atoms with Crippen molar-refractivity contribution in [3.8, 4) is 0 Å². The highest BCUT2D eigenvalue weighted by Gasteiger charge is 2.47. The summed E-state index contributed by atoms with van der Waals surface area (Å²) in [5.41, 5.74) is 0.0146. The van der Waals surface area contributed by atoms with Crippen molar-refractivity contribution >= 4 is 40.1 Å². The van der Waals surface area contributed by atoms with Crippen LogP contribution in [0.3, 0.4) is 0 Å². The number of anilines is 1. The number of benzene rings is 1. The zero-order chi connectivity index (χ0) is 14.9. The van der Waals surface area contributed by atoms with Crippen LogP contribution in [0.15, 0.2) is 24.3 Å². The summed E-state index contributed by atoms with van der Waals surface area (Å²) in [6, 6.07) is 7.21. The first-order valence-corrected chi connectivity index (χ1v) is 7.94. The Morgan fingerprint density at radius 1 is 1.30 bits per heavy atom. The number of carbonyl (C=O) groups is 2. The molecule has 0 radical (unpaired) electrons. The molecule has 1 N–H and O–H groups in total. The molecule has 1 heterocycles. The monoisotopic (exact) mass is 386 g/mol. The van der Waals surface area contributed by atoms with Crippen LogP contribution in [-0.4, -0.2) is 23.4 Å². The molecule has 4 nitrogen and oxygen atoms in total. The molecular formula is C15H19IN2O2. The van der Waals surface area contributed by atoms with Crippen molar-refractivity contribution in [2.24, 2.45) is 0 Å². The molecule has 1 atom stereocenters. The molecule has 1 aromatic carbocycles. The van der Waals surface area contributed by atoms with Crippen LogP contribution in [0.1, 0.15) is 33.6 Å². The molecule has 1 fully saturated rings. The van der Waals surface area contributed by atoms with Crippen LogP contribution < -0.4 is 10.2 Å². The second kappa shape index (κ2) is 5.71. The molecule has 0 aliphatic carbocycles. The highest BCUT2D eigenvalue weighted by molar-refractivity contribution is 14.1. The van der Waals surface area contributed by atoms with Gasteiger partial charge in [-0.05, 0) is 60.6 Å². The SMILES string of the molecule is CCC1(CC)NC(=O)C(C)N(c2cccc(I)c2)C1=O. The van der Waals surface area contributed by atoms with Crippen LogP contribution in [0, 0.1) is 3.57 Å². The normalized spacial score (nSPS) is 21.8. The van der Waals surface area contributed by atoms with Gasteiger partial charge in [0.25, 0.3) is 5.91 Å². The molecule has 0 saturated carbocycles. The summed E-state index contributed by atoms with van der Waals surface area (Å²) < 4.78 is 1.05. The van der Waals surface area contributed by atoms with E-state index in [9.17, 15) is 9.59 Å². The summed E-state index contributed by atoms with van der Waals surface area (Å²) in [7, 11) is 0. The van der Waals surface area contributed by atoms with Crippen LogP contribution in [-0.2, 0) is 9.59 Å². The molecule has 1 aromatic rings. The minimum absolute atomic E-state index is 0.0170. The number of hydrogen-bond donors (Lipinski definition) is 1. The highest BCUT2D eigenvalue weighted by atomic mass is 127. The van der Waals surface area contributed by atoms with Gasteiger partial charge in [-0.25, -0.2) is 0 Å². The minimum Gasteiger partial charge on any atom is -0.340 e. The number of rotatable bonds is 3. The largest absolute Gasteiger partial charge is 0.340 e. The average molecular weight is 386 g/mol. The van der Waals surface area contributed by atoms with Crippen LogP contribution in [0.4, 0.5) is 5.69 Å². The molecule has 1 unspecified atom stereocenters. The number of hydrogen-bond acceptors (Lipinski definition) is 2. The van der Waals surface area contributed by atoms with E-state index in [1.54, 1.807) is 11.8 Å². The number of amides is 2. The average Bonchev–Trinajstić information content (AvgIpc) is 2.43. The number of carbonyl (C=O) groups excluding carboxylic acids is 2. The summed E-state index contributed by atoms with van der Waals surface area (Å²) in [5, 5.41) is 2.91. The summed E-state index contributed by atoms with van der Waals surface area (Å²) >= 11 is 2.21. The van der Waals surface area contributed by atoms with E-state index in [4.69, 9.17) is 0 Å². The van der Waals surface area contributed by atoms with Crippen molar-refractivity contribution in [3.05, 3.63) is 27.8 Å². The third-order valence-corrected chi connectivity index (χ3v) is 4.72. The lowest BCUT2D eigenvalue weighted by atomic mass is 9.87. The summed E-state index contributed by atoms with van der Waals surface area (Å²) in [6.07, 6.45) is 1.20. The Morgan fingerprint density at radius 3 is 2.50 bits per heavy atom. The molecule has 0 bridgehead atoms. The van der Waals surface area contributed by atoms with Gasteiger partial charge in [0.1, 0.15) is 11.6 Å². The van der Waals surface area contributed by atoms with Gasteiger partial charge in [0, 0.05) is 9.26 Å². The Morgan fingerprint density at radius 2 is 1.95 bits per heavy atom. The van der Waals surface area contributed by atoms with Crippen molar-refractivity contribution in [2.45, 2.75) is 45.2 Å². The Kier molecular flexibility index (Phi) is 4.36. The van der Waals surface area contributed by atoms with Crippen molar-refractivity contribution in [1.82, 2.24) is 5.32 Å². The molecule has 0 spiro atoms. The van der Waals surface area contributed by atoms with Gasteiger partial charge in [0.05, 0.1) is 0 Å². The van der Waals surface area contributed by atoms with Gasteiger partial charge in [0.2, 0.25) is 5.91 Å². The van der Waals surface area contributed by atoms with E-state index >= 15 is 0 Å². The molecule has 1 saturated heterocycles. The van der Waals surface area contributed by atoms with Crippen LogP contribution in [0.25, 0.3) is 0 Å². The summed E-state index contributed by atoms with van der Waals surface area (Å²) in [6.45, 7) is 5.64. The van der Waals surface area contributed by atoms with Gasteiger partial charge in [-0.1, -0.05) is 19.9 Å². The lowest BCUT2D eigenvalue weighted by Gasteiger charge is -2.44. The van der Waals surface area contributed by atoms with Gasteiger partial charge in [-0.15, -0.1) is 0 Å². The van der Waals surface area contributed by atoms with E-state index in [-0.39, 0.29) is 11.8 Å². The Hall–Kier alpha value is -1.11. The molecule has 2 amide bonds. The Balaban J connectivity index is 2.49. The smallest absolute Gasteiger partial charge is 0.253 e. The molecule has 1 aliphatic heterocycles. The predicted molar refractivity (Wildman–Crippen MR) is 87.6 cm³/mol. The molecule has 20 heavy (non-hydrogen) atoms. The number of nitrogens with zero attached hydrogens (tertiary/aromatic N) is 1. The molecule has 1 aliphatic rings. The standard InChI is InChI=1S/C15H19IN2O2/c1-4-15(5-2)14(20)18(10(3)13(19)17-15)12-8-6-7-11(16)9-12/h6-10H,4-5H2,1-3H3,(H,17,19). The van der Waals surface area contributed by atoms with E-state index < -0.39 is 11.6 Å². The fraction of sp³-hybridized carbons (Fsp3) is 0.467. The lowest BCUT2D eigenvalue weighted by Crippen LogP contribution is -2.69. The van der Waals surface area contributed by atoms with E-state index in [0.717, 1.165) is 9.26 Å². The quantitative estimate of drug-likeness (QED) is 0.813. The first kappa shape index (κ1) is 15.3. The number of halogens is 1. The van der Waals surface area contributed by atoms with Gasteiger partial charge in [0.15, 0.2) is 0 Å². The minimum atomic E-state index is -0.773. The highest BCUT2D eigenvalue weighted by Crippen LogP contribution is 2.30. The van der Waals surface area contributed by atoms with Crippen molar-refractivity contribution in [2.75, 3.05) is 4.90 Å². The molecule has 0 aromatic heterocycles. The Bertz CT molecular complexity index is 540. The van der Waals surface area contributed by atoms with E-state index in [0.29, 0.717) is 12.8 Å². The Labute approximate surface area is 133 Å². The molecular weight excluding hydrogens is 367 g/mol. The lowest BCUT2D eigenvalue weighted by molar-refractivity contribution is -0.138. The zero-order valence-corrected chi connectivity index (χ0v) is 14.1. The third-order valence-electron chi connectivity index (χ3n) is 4.05. The van der Waals surface area contributed by atoms with E-state index in [2.05, 4.69) is 27.9 Å². The third kappa shape index (κ3) is 2.43. The van der Waals surface area contributed by atoms with Gasteiger partial charge < -0.3 is 5.32 Å². The molecule has 108 valence electrons. The van der Waals surface area contributed by atoms with Crippen LogP contribution >= 0.6 is 22.6 Å². The second-order valence-corrected chi connectivity index (χ2v) is 6.36. The van der Waals surface area contributed by atoms with Crippen molar-refractivity contribution in [3.63, 3.8) is 0 Å². The van der Waals surface area contributed by atoms with Crippen LogP contribution in [0.5, 0.6) is 0 Å². The second-order valence-electron chi connectivity index (χ2n) is 5.11. The number of piperazine rings is 1. The predicted octanol–water partition coefficient (Wildman–Crippen LogP) is 2.70. The fourth-order valence-corrected chi connectivity index (χ4v) is 3.14. The summed E-state index contributed by atoms with van der Waals surface area (Å²) in [4.78, 5) is 26.8. The molecule has 2 rings (SSSR count).